The molecule has 0 spiro atoms. The van der Waals surface area contributed by atoms with Crippen LogP contribution in [-0.2, 0) is 29.2 Å². The molecule has 0 heterocycles. The first kappa shape index (κ1) is 29.5. The van der Waals surface area contributed by atoms with Crippen molar-refractivity contribution in [2.45, 2.75) is 69.4 Å². The van der Waals surface area contributed by atoms with E-state index >= 15 is 0 Å². The molecule has 4 fully saturated rings. The molecule has 5 aliphatic rings. The van der Waals surface area contributed by atoms with Crippen molar-refractivity contribution in [3.05, 3.63) is 64.2 Å². The maximum absolute atomic E-state index is 11.4. The van der Waals surface area contributed by atoms with Crippen LogP contribution < -0.4 is 37.2 Å². The fourth-order valence-electron chi connectivity index (χ4n) is 7.64. The first-order valence-corrected chi connectivity index (χ1v) is 11.6. The van der Waals surface area contributed by atoms with Crippen LogP contribution in [0.2, 0.25) is 0 Å². The quantitative estimate of drug-likeness (QED) is 0.380. The second-order valence-electron chi connectivity index (χ2n) is 10.6. The number of fused-ring (bicyclic) bond motifs is 1. The topological polar surface area (TPSA) is 52.8 Å². The predicted molar refractivity (Wildman–Crippen MR) is 119 cm³/mol. The minimum Gasteiger partial charge on any atom is -1.00 e. The molecule has 7 rings (SSSR count). The summed E-state index contributed by atoms with van der Waals surface area (Å²) in [4.78, 5) is 4.77. The molecule has 183 valence electrons. The normalized spacial score (nSPS) is 32.2. The summed E-state index contributed by atoms with van der Waals surface area (Å²) in [7, 11) is 0. The van der Waals surface area contributed by atoms with Crippen LogP contribution in [0.3, 0.4) is 0 Å². The molecule has 4 saturated carbocycles. The molecule has 0 saturated heterocycles. The summed E-state index contributed by atoms with van der Waals surface area (Å²) < 4.78 is 0. The molecular weight excluding hydrogens is 529 g/mol. The van der Waals surface area contributed by atoms with Gasteiger partial charge in [-0.2, -0.15) is 0 Å². The number of halogens is 3. The molecule has 34 heavy (non-hydrogen) atoms. The maximum Gasteiger partial charge on any atom is 3.00 e. The Morgan fingerprint density at radius 2 is 1.53 bits per heavy atom. The molecule has 0 unspecified atom stereocenters. The molecule has 3 nitrogen and oxygen atoms in total. The molecule has 4 bridgehead atoms. The molecule has 1 radical (unpaired) electrons. The summed E-state index contributed by atoms with van der Waals surface area (Å²) in [6.45, 7) is 2.13. The summed E-state index contributed by atoms with van der Waals surface area (Å²) >= 11 is 0. The third-order valence-electron chi connectivity index (χ3n) is 8.43. The monoisotopic (exact) mass is 558 g/mol. The number of phenols is 1. The van der Waals surface area contributed by atoms with Gasteiger partial charge in [-0.1, -0.05) is 30.3 Å². The number of rotatable bonds is 3. The first-order valence-electron chi connectivity index (χ1n) is 11.6. The number of hydrogen-bond donors (Lipinski definition) is 2. The molecule has 0 amide bonds. The van der Waals surface area contributed by atoms with E-state index in [9.17, 15) is 10.2 Å². The third kappa shape index (κ3) is 4.93. The number of aliphatic hydroxyl groups is 1. The van der Waals surface area contributed by atoms with Gasteiger partial charge in [0.1, 0.15) is 11.8 Å². The smallest absolute Gasteiger partial charge is 1.00 e. The van der Waals surface area contributed by atoms with Gasteiger partial charge in [-0.25, -0.2) is 0 Å². The van der Waals surface area contributed by atoms with E-state index in [2.05, 4.69) is 25.1 Å². The molecule has 2 atom stereocenters. The number of hydrogen-bond acceptors (Lipinski definition) is 3. The SMILES string of the molecule is Cc1cc(C=N[C@@H]2c3ccccc3C[C@@H]2O)c(O)c(C23CC4CC(CC(C4)C2)C3)c1.[Cl-].[Cl-].[Cl-].[Cr+3]. The van der Waals surface area contributed by atoms with Crippen molar-refractivity contribution in [2.75, 3.05) is 0 Å². The number of phenolic OH excluding ortho intramolecular Hbond substituents is 1. The summed E-state index contributed by atoms with van der Waals surface area (Å²) in [5, 5.41) is 21.9. The first-order chi connectivity index (χ1) is 14.5. The van der Waals surface area contributed by atoms with Crippen LogP contribution >= 0.6 is 0 Å². The maximum atomic E-state index is 11.4. The van der Waals surface area contributed by atoms with Crippen molar-refractivity contribution >= 4 is 6.21 Å². The van der Waals surface area contributed by atoms with Crippen LogP contribution in [0.1, 0.15) is 72.4 Å². The summed E-state index contributed by atoms with van der Waals surface area (Å²) in [6, 6.07) is 12.2. The van der Waals surface area contributed by atoms with Gasteiger partial charge < -0.3 is 47.4 Å². The van der Waals surface area contributed by atoms with Gasteiger partial charge in [0.25, 0.3) is 0 Å². The van der Waals surface area contributed by atoms with Crippen LogP contribution in [0, 0.1) is 24.7 Å². The Morgan fingerprint density at radius 3 is 2.15 bits per heavy atom. The zero-order valence-electron chi connectivity index (χ0n) is 19.3. The van der Waals surface area contributed by atoms with Crippen molar-refractivity contribution in [1.29, 1.82) is 0 Å². The zero-order valence-corrected chi connectivity index (χ0v) is 22.8. The molecule has 7 heteroatoms. The second kappa shape index (κ2) is 11.1. The predicted octanol–water partition coefficient (Wildman–Crippen LogP) is -3.74. The van der Waals surface area contributed by atoms with E-state index in [1.165, 1.54) is 49.7 Å². The fourth-order valence-corrected chi connectivity index (χ4v) is 7.64. The molecule has 2 aromatic carbocycles. The Balaban J connectivity index is 0.00000102. The molecule has 0 aromatic heterocycles. The van der Waals surface area contributed by atoms with Crippen molar-refractivity contribution in [2.24, 2.45) is 22.7 Å². The molecule has 0 aliphatic heterocycles. The van der Waals surface area contributed by atoms with Crippen LogP contribution in [0.15, 0.2) is 41.4 Å². The van der Waals surface area contributed by atoms with Gasteiger partial charge in [-0.05, 0) is 91.4 Å². The molecular formula is C27H31Cl3CrNO2. The largest absolute Gasteiger partial charge is 3.00 e. The van der Waals surface area contributed by atoms with E-state index in [1.807, 2.05) is 24.4 Å². The van der Waals surface area contributed by atoms with Crippen molar-refractivity contribution in [3.63, 3.8) is 0 Å². The average Bonchev–Trinajstić information content (AvgIpc) is 3.02. The van der Waals surface area contributed by atoms with E-state index in [4.69, 9.17) is 4.99 Å². The molecule has 2 aromatic rings. The van der Waals surface area contributed by atoms with E-state index in [0.29, 0.717) is 12.2 Å². The number of aliphatic imine (C=N–C) groups is 1. The Kier molecular flexibility index (Phi) is 9.65. The number of aliphatic hydroxyl groups excluding tert-OH is 1. The standard InChI is InChI=1S/C27H31NO2.3ClH.Cr/c1-16-6-21(15-28-25-22-5-3-2-4-20(22)11-24(25)29)26(30)23(7-16)27-12-17-8-18(13-27)10-19(9-17)14-27;;;;/h2-7,15,17-19,24-25,29-30H,8-14H2,1H3;3*1H;/q;;;;+3/p-3/t17?,18?,19?,24-,25+,27?;;;;/m0..../s1. The van der Waals surface area contributed by atoms with E-state index < -0.39 is 6.10 Å². The van der Waals surface area contributed by atoms with Crippen molar-refractivity contribution in [1.82, 2.24) is 0 Å². The number of benzene rings is 2. The molecule has 5 aliphatic carbocycles. The second-order valence-corrected chi connectivity index (χ2v) is 10.6. The van der Waals surface area contributed by atoms with Gasteiger partial charge in [0.15, 0.2) is 0 Å². The van der Waals surface area contributed by atoms with E-state index in [-0.39, 0.29) is 66.0 Å². The Labute approximate surface area is 232 Å². The minimum absolute atomic E-state index is 0. The Bertz CT molecular complexity index is 1010. The number of nitrogens with zero attached hydrogens (tertiary/aromatic N) is 1. The minimum atomic E-state index is -0.492. The zero-order chi connectivity index (χ0) is 20.5. The van der Waals surface area contributed by atoms with Crippen LogP contribution in [-0.4, -0.2) is 22.5 Å². The van der Waals surface area contributed by atoms with Crippen LogP contribution in [0.25, 0.3) is 0 Å². The average molecular weight is 560 g/mol. The number of aromatic hydroxyl groups is 1. The van der Waals surface area contributed by atoms with Crippen LogP contribution in [0.4, 0.5) is 0 Å². The van der Waals surface area contributed by atoms with Gasteiger partial charge in [0, 0.05) is 23.8 Å². The van der Waals surface area contributed by atoms with Crippen molar-refractivity contribution in [3.8, 4) is 5.75 Å². The van der Waals surface area contributed by atoms with Gasteiger partial charge in [-0.15, -0.1) is 0 Å². The van der Waals surface area contributed by atoms with Crippen LogP contribution in [0.5, 0.6) is 5.75 Å². The van der Waals surface area contributed by atoms with Crippen molar-refractivity contribution < 1.29 is 64.8 Å². The molecule has 2 N–H and O–H groups in total. The van der Waals surface area contributed by atoms with Gasteiger partial charge in [0.2, 0.25) is 0 Å². The number of aryl methyl sites for hydroxylation is 1. The van der Waals surface area contributed by atoms with Gasteiger partial charge >= 0.3 is 17.4 Å². The Morgan fingerprint density at radius 1 is 0.941 bits per heavy atom. The summed E-state index contributed by atoms with van der Waals surface area (Å²) in [6.07, 6.45) is 9.88. The van der Waals surface area contributed by atoms with Gasteiger partial charge in [-0.3, -0.25) is 4.99 Å². The summed E-state index contributed by atoms with van der Waals surface area (Å²) in [5.74, 6) is 2.96. The third-order valence-corrected chi connectivity index (χ3v) is 8.43. The van der Waals surface area contributed by atoms with Gasteiger partial charge in [0.05, 0.1) is 6.10 Å². The Hall–Kier alpha value is -0.728. The fraction of sp³-hybridized carbons (Fsp3) is 0.519. The summed E-state index contributed by atoms with van der Waals surface area (Å²) in [5.41, 5.74) is 5.59. The van der Waals surface area contributed by atoms with E-state index in [1.54, 1.807) is 0 Å². The van der Waals surface area contributed by atoms with E-state index in [0.717, 1.165) is 34.4 Å².